The molecule has 2 aromatic carbocycles. The van der Waals surface area contributed by atoms with Crippen LogP contribution >= 0.6 is 0 Å². The van der Waals surface area contributed by atoms with Gasteiger partial charge in [0.05, 0.1) is 65.9 Å². The Labute approximate surface area is 480 Å². The molecule has 0 bridgehead atoms. The van der Waals surface area contributed by atoms with E-state index in [0.717, 1.165) is 0 Å². The summed E-state index contributed by atoms with van der Waals surface area (Å²) >= 11 is 0. The minimum absolute atomic E-state index is 0.0251. The third kappa shape index (κ3) is 13.9. The van der Waals surface area contributed by atoms with E-state index < -0.39 is 188 Å². The molecule has 5 saturated heterocycles. The number of hydrogen-bond donors (Lipinski definition) is 8. The zero-order valence-electron chi connectivity index (χ0n) is 48.7. The number of aromatic hydroxyl groups is 2. The summed E-state index contributed by atoms with van der Waals surface area (Å²) in [6, 6.07) is 3.04. The van der Waals surface area contributed by atoms with Gasteiger partial charge in [0.2, 0.25) is 6.29 Å². The number of benzene rings is 2. The molecule has 2 aromatic rings. The maximum absolute atomic E-state index is 15.1. The number of phenols is 2. The van der Waals surface area contributed by atoms with Crippen molar-refractivity contribution in [1.82, 2.24) is 0 Å². The van der Waals surface area contributed by atoms with Crippen LogP contribution in [-0.4, -0.2) is 225 Å². The average Bonchev–Trinajstić information content (AvgIpc) is 3.47. The highest BCUT2D eigenvalue weighted by Crippen LogP contribution is 2.48. The van der Waals surface area contributed by atoms with Crippen molar-refractivity contribution < 1.29 is 126 Å². The Morgan fingerprint density at radius 1 is 0.687 bits per heavy atom. The molecular formula is C57H82O26. The van der Waals surface area contributed by atoms with Gasteiger partial charge >= 0.3 is 11.9 Å². The lowest BCUT2D eigenvalue weighted by atomic mass is 9.75. The Morgan fingerprint density at radius 3 is 1.78 bits per heavy atom. The second-order valence-electron chi connectivity index (χ2n) is 23.1. The number of aliphatic hydroxyl groups excluding tert-OH is 5. The topological polar surface area (TPSA) is 359 Å². The zero-order valence-corrected chi connectivity index (χ0v) is 48.7. The van der Waals surface area contributed by atoms with Gasteiger partial charge in [0, 0.05) is 71.7 Å². The molecule has 5 fully saturated rings. The molecule has 6 aliphatic rings. The first-order chi connectivity index (χ1) is 39.0. The predicted molar refractivity (Wildman–Crippen MR) is 282 cm³/mol. The third-order valence-electron chi connectivity index (χ3n) is 16.6. The maximum Gasteiger partial charge on any atom is 0.303 e. The molecule has 466 valence electrons. The number of rotatable bonds is 18. The molecule has 5 heterocycles. The van der Waals surface area contributed by atoms with Gasteiger partial charge in [-0.1, -0.05) is 0 Å². The number of carbonyl (C=O) groups excluding carboxylic acids is 4. The Bertz CT molecular complexity index is 2620. The predicted octanol–water partition coefficient (Wildman–Crippen LogP) is 1.55. The van der Waals surface area contributed by atoms with Crippen LogP contribution in [-0.2, 0) is 82.4 Å². The number of fused-ring (bicyclic) bond motifs is 2. The number of esters is 2. The van der Waals surface area contributed by atoms with Crippen molar-refractivity contribution in [2.24, 2.45) is 5.92 Å². The van der Waals surface area contributed by atoms with Crippen molar-refractivity contribution in [3.8, 4) is 17.2 Å². The fraction of sp³-hybridized carbons (Fsp3) is 0.754. The fourth-order valence-corrected chi connectivity index (χ4v) is 12.4. The van der Waals surface area contributed by atoms with Gasteiger partial charge in [-0.2, -0.15) is 0 Å². The van der Waals surface area contributed by atoms with E-state index in [1.807, 2.05) is 0 Å². The number of ketones is 2. The molecule has 8 N–H and O–H groups in total. The Kier molecular flexibility index (Phi) is 20.5. The summed E-state index contributed by atoms with van der Waals surface area (Å²) < 4.78 is 84.2. The van der Waals surface area contributed by atoms with Crippen molar-refractivity contribution in [2.75, 3.05) is 14.2 Å². The quantitative estimate of drug-likeness (QED) is 0.0982. The molecule has 26 nitrogen and oxygen atoms in total. The molecule has 25 atom stereocenters. The van der Waals surface area contributed by atoms with Crippen molar-refractivity contribution in [2.45, 2.75) is 255 Å². The highest BCUT2D eigenvalue weighted by Gasteiger charge is 2.52. The molecule has 0 saturated carbocycles. The van der Waals surface area contributed by atoms with Crippen LogP contribution in [0.5, 0.6) is 17.2 Å². The van der Waals surface area contributed by atoms with Gasteiger partial charge in [-0.05, 0) is 84.9 Å². The maximum atomic E-state index is 15.1. The summed E-state index contributed by atoms with van der Waals surface area (Å²) in [5.41, 5.74) is -1.51. The number of carbonyl (C=O) groups is 4. The monoisotopic (exact) mass is 1180 g/mol. The van der Waals surface area contributed by atoms with Crippen LogP contribution in [0.2, 0.25) is 0 Å². The van der Waals surface area contributed by atoms with Crippen molar-refractivity contribution in [3.63, 3.8) is 0 Å². The minimum Gasteiger partial charge on any atom is -0.507 e. The van der Waals surface area contributed by atoms with E-state index in [-0.39, 0.29) is 71.7 Å². The summed E-state index contributed by atoms with van der Waals surface area (Å²) in [5.74, 6) is -5.32. The Morgan fingerprint density at radius 2 is 1.22 bits per heavy atom. The molecule has 20 unspecified atom stereocenters. The summed E-state index contributed by atoms with van der Waals surface area (Å²) in [5, 5.41) is 90.1. The number of aliphatic hydroxyl groups is 6. The highest BCUT2D eigenvalue weighted by atomic mass is 16.7. The lowest BCUT2D eigenvalue weighted by Crippen LogP contribution is -2.59. The van der Waals surface area contributed by atoms with E-state index in [2.05, 4.69) is 0 Å². The van der Waals surface area contributed by atoms with Crippen LogP contribution in [0.3, 0.4) is 0 Å². The number of ether oxygens (including phenoxy) is 14. The first-order valence-corrected chi connectivity index (χ1v) is 28.2. The van der Waals surface area contributed by atoms with Crippen LogP contribution in [0.25, 0.3) is 10.8 Å². The van der Waals surface area contributed by atoms with Gasteiger partial charge in [-0.15, -0.1) is 0 Å². The molecule has 83 heavy (non-hydrogen) atoms. The third-order valence-corrected chi connectivity index (χ3v) is 16.6. The number of Topliss-reactive ketones (excluding diaryl/α,β-unsaturated/α-hetero) is 2. The largest absolute Gasteiger partial charge is 0.507 e. The van der Waals surface area contributed by atoms with Crippen molar-refractivity contribution in [1.29, 1.82) is 0 Å². The number of phenolic OH excluding ortho intramolecular Hbond substituents is 2. The van der Waals surface area contributed by atoms with Crippen molar-refractivity contribution in [3.05, 3.63) is 28.8 Å². The molecule has 0 aromatic heterocycles. The van der Waals surface area contributed by atoms with Crippen LogP contribution in [0, 0.1) is 12.8 Å². The normalized spacial score (nSPS) is 39.7. The lowest BCUT2D eigenvalue weighted by molar-refractivity contribution is -0.334. The highest BCUT2D eigenvalue weighted by molar-refractivity contribution is 6.11. The van der Waals surface area contributed by atoms with E-state index in [0.29, 0.717) is 0 Å². The van der Waals surface area contributed by atoms with E-state index in [1.54, 1.807) is 27.7 Å². The van der Waals surface area contributed by atoms with Gasteiger partial charge in [0.25, 0.3) is 0 Å². The Balaban J connectivity index is 1.04. The van der Waals surface area contributed by atoms with Crippen LogP contribution in [0.1, 0.15) is 116 Å². The smallest absolute Gasteiger partial charge is 0.303 e. The van der Waals surface area contributed by atoms with E-state index in [9.17, 15) is 55.2 Å². The second-order valence-corrected chi connectivity index (χ2v) is 23.1. The van der Waals surface area contributed by atoms with Crippen LogP contribution in [0.15, 0.2) is 12.1 Å². The summed E-state index contributed by atoms with van der Waals surface area (Å²) in [4.78, 5) is 53.2. The molecule has 1 aliphatic carbocycles. The molecule has 0 radical (unpaired) electrons. The van der Waals surface area contributed by atoms with Gasteiger partial charge < -0.3 is 107 Å². The molecule has 0 spiro atoms. The number of methoxy groups -OCH3 is 2. The standard InChI is InChI=1S/C57H82O26/c1-21-34(79-40-19-37(53(26(6)75-40)77-28(8)59)82-38-16-33(61)52(70-11)25(5)74-38)15-31-13-30-14-32(54(71-12)51(68)46(63)22(2)58)55(50(67)44(30)49(66)43(31)45(21)62)83-41-18-35(47(64)24(4)73-41)80-39-17-36(48(65)23(3)72-39)81-42-20-57(10,69)56(27(7)76-42)78-29(9)60/h13,15,22-27,32-33,35-42,46-48,52-56,58,61-66,69H,14,16-20H2,1-12H3/t22-,23?,24?,25?,26?,27?,32-,33?,35?,36?,37?,38?,39?,40?,41?,42?,46+,47?,48?,52?,53?,54+,55-,56?,57?/m1/s1. The lowest BCUT2D eigenvalue weighted by Gasteiger charge is -2.46. The second kappa shape index (κ2) is 26.4. The van der Waals surface area contributed by atoms with Gasteiger partial charge in [0.1, 0.15) is 65.6 Å². The first kappa shape index (κ1) is 64.7. The average molecular weight is 1180 g/mol. The van der Waals surface area contributed by atoms with E-state index >= 15 is 4.79 Å². The van der Waals surface area contributed by atoms with Crippen LogP contribution < -0.4 is 4.74 Å². The van der Waals surface area contributed by atoms with Crippen LogP contribution in [0.4, 0.5) is 0 Å². The molecular weight excluding hydrogens is 1100 g/mol. The minimum atomic E-state index is -1.96. The fourth-order valence-electron chi connectivity index (χ4n) is 12.4. The van der Waals surface area contributed by atoms with E-state index in [1.165, 1.54) is 67.9 Å². The molecule has 8 rings (SSSR count). The first-order valence-electron chi connectivity index (χ1n) is 28.2. The summed E-state index contributed by atoms with van der Waals surface area (Å²) in [6.45, 7) is 14.8. The van der Waals surface area contributed by atoms with E-state index in [4.69, 9.17) is 66.3 Å². The molecule has 0 amide bonds. The zero-order chi connectivity index (χ0) is 60.8. The van der Waals surface area contributed by atoms with Gasteiger partial charge in [0.15, 0.2) is 48.9 Å². The number of hydrogen-bond acceptors (Lipinski definition) is 26. The summed E-state index contributed by atoms with van der Waals surface area (Å²) in [7, 11) is 2.64. The molecule has 26 heteroatoms. The molecule has 5 aliphatic heterocycles. The summed E-state index contributed by atoms with van der Waals surface area (Å²) in [6.07, 6.45) is -25.9. The van der Waals surface area contributed by atoms with Gasteiger partial charge in [-0.3, -0.25) is 19.2 Å². The van der Waals surface area contributed by atoms with Gasteiger partial charge in [-0.25, -0.2) is 0 Å². The SMILES string of the molecule is COC1C(O)CC(OC2CC(Oc3cc4cc5c(c(O)c4c(O)c3C)C(=O)[C@H](OC3CC(OC4CC(OC6CC(C)(O)C(OC(C)=O)C(C)O6)C(O)C(C)O4)C(O)C(C)O3)[C@@H]([C@H](OC)C(=O)[C@@H](O)[C@@H](C)O)C5)OC(C)C2OC(C)=O)OC1C. The van der Waals surface area contributed by atoms with Crippen molar-refractivity contribution >= 4 is 34.3 Å². The Hall–Kier alpha value is -4.30.